The van der Waals surface area contributed by atoms with Crippen molar-refractivity contribution < 1.29 is 4.39 Å². The summed E-state index contributed by atoms with van der Waals surface area (Å²) >= 11 is 0. The number of nitrogens with one attached hydrogen (secondary N) is 1. The van der Waals surface area contributed by atoms with E-state index in [2.05, 4.69) is 37.4 Å². The molecule has 0 unspecified atom stereocenters. The van der Waals surface area contributed by atoms with E-state index in [1.807, 2.05) is 12.1 Å². The molecule has 0 heterocycles. The van der Waals surface area contributed by atoms with E-state index in [-0.39, 0.29) is 5.82 Å². The summed E-state index contributed by atoms with van der Waals surface area (Å²) < 4.78 is 14.1. The van der Waals surface area contributed by atoms with Crippen molar-refractivity contribution in [2.24, 2.45) is 0 Å². The Morgan fingerprint density at radius 3 is 2.35 bits per heavy atom. The minimum Gasteiger partial charge on any atom is -0.310 e. The quantitative estimate of drug-likeness (QED) is 0.869. The number of hydrogen-bond donors (Lipinski definition) is 1. The third kappa shape index (κ3) is 2.91. The fourth-order valence-electron chi connectivity index (χ4n) is 2.33. The van der Waals surface area contributed by atoms with Crippen LogP contribution in [0.25, 0.3) is 11.1 Å². The van der Waals surface area contributed by atoms with Crippen LogP contribution in [0.5, 0.6) is 0 Å². The second-order valence-electron chi connectivity index (χ2n) is 5.76. The smallest absolute Gasteiger partial charge is 0.128 e. The van der Waals surface area contributed by atoms with Crippen LogP contribution in [-0.2, 0) is 6.54 Å². The van der Waals surface area contributed by atoms with E-state index in [4.69, 9.17) is 0 Å². The number of rotatable bonds is 4. The zero-order chi connectivity index (χ0) is 14.1. The molecule has 0 saturated heterocycles. The molecule has 1 N–H and O–H groups in total. The monoisotopic (exact) mass is 269 g/mol. The molecule has 2 aromatic carbocycles. The molecule has 0 aromatic heterocycles. The third-order valence-corrected chi connectivity index (χ3v) is 4.05. The summed E-state index contributed by atoms with van der Waals surface area (Å²) in [6, 6.07) is 12.4. The number of benzene rings is 2. The Morgan fingerprint density at radius 2 is 1.70 bits per heavy atom. The molecule has 0 bridgehead atoms. The molecule has 1 fully saturated rings. The minimum absolute atomic E-state index is 0.117. The lowest BCUT2D eigenvalue weighted by atomic mass is 9.99. The molecule has 0 atom stereocenters. The number of aryl methyl sites for hydroxylation is 2. The first-order valence-corrected chi connectivity index (χ1v) is 7.23. The first-order chi connectivity index (χ1) is 9.63. The topological polar surface area (TPSA) is 12.0 Å². The van der Waals surface area contributed by atoms with Crippen molar-refractivity contribution in [3.05, 3.63) is 58.9 Å². The van der Waals surface area contributed by atoms with Crippen LogP contribution in [0, 0.1) is 19.7 Å². The fraction of sp³-hybridized carbons (Fsp3) is 0.333. The van der Waals surface area contributed by atoms with Gasteiger partial charge in [0.1, 0.15) is 5.82 Å². The van der Waals surface area contributed by atoms with Gasteiger partial charge in [0, 0.05) is 18.2 Å². The summed E-state index contributed by atoms with van der Waals surface area (Å²) in [6.07, 6.45) is 2.45. The van der Waals surface area contributed by atoms with Gasteiger partial charge in [0.05, 0.1) is 0 Å². The molecule has 0 aliphatic heterocycles. The lowest BCUT2D eigenvalue weighted by molar-refractivity contribution is 0.587. The highest BCUT2D eigenvalue weighted by molar-refractivity contribution is 5.65. The maximum absolute atomic E-state index is 14.1. The standard InChI is InChI=1S/C18H20FN/c1-12-3-4-14(9-13(12)2)15-5-6-16(18(19)10-15)11-20-17-7-8-17/h3-6,9-10,17,20H,7-8,11H2,1-2H3. The predicted molar refractivity (Wildman–Crippen MR) is 81.2 cm³/mol. The molecule has 2 aromatic rings. The van der Waals surface area contributed by atoms with E-state index in [0.717, 1.165) is 16.7 Å². The van der Waals surface area contributed by atoms with Crippen LogP contribution in [0.15, 0.2) is 36.4 Å². The van der Waals surface area contributed by atoms with Crippen LogP contribution in [0.4, 0.5) is 4.39 Å². The molecular weight excluding hydrogens is 249 g/mol. The molecule has 2 heteroatoms. The van der Waals surface area contributed by atoms with Gasteiger partial charge in [0.15, 0.2) is 0 Å². The van der Waals surface area contributed by atoms with Gasteiger partial charge < -0.3 is 5.32 Å². The van der Waals surface area contributed by atoms with Gasteiger partial charge in [-0.2, -0.15) is 0 Å². The van der Waals surface area contributed by atoms with Crippen molar-refractivity contribution in [2.45, 2.75) is 39.3 Å². The van der Waals surface area contributed by atoms with E-state index < -0.39 is 0 Å². The lowest BCUT2D eigenvalue weighted by Crippen LogP contribution is -2.16. The molecular formula is C18H20FN. The summed E-state index contributed by atoms with van der Waals surface area (Å²) in [6.45, 7) is 4.80. The van der Waals surface area contributed by atoms with Crippen LogP contribution < -0.4 is 5.32 Å². The van der Waals surface area contributed by atoms with Gasteiger partial charge in [-0.15, -0.1) is 0 Å². The zero-order valence-electron chi connectivity index (χ0n) is 12.0. The highest BCUT2D eigenvalue weighted by Crippen LogP contribution is 2.25. The zero-order valence-corrected chi connectivity index (χ0v) is 12.0. The molecule has 20 heavy (non-hydrogen) atoms. The van der Waals surface area contributed by atoms with Gasteiger partial charge in [-0.05, 0) is 55.0 Å². The first kappa shape index (κ1) is 13.3. The van der Waals surface area contributed by atoms with E-state index in [0.29, 0.717) is 12.6 Å². The Kier molecular flexibility index (Phi) is 3.58. The second-order valence-corrected chi connectivity index (χ2v) is 5.76. The molecule has 1 nitrogen and oxygen atoms in total. The summed E-state index contributed by atoms with van der Waals surface area (Å²) in [5.41, 5.74) is 5.28. The van der Waals surface area contributed by atoms with Gasteiger partial charge in [0.25, 0.3) is 0 Å². The van der Waals surface area contributed by atoms with E-state index in [1.165, 1.54) is 24.0 Å². The van der Waals surface area contributed by atoms with Crippen molar-refractivity contribution in [3.63, 3.8) is 0 Å². The summed E-state index contributed by atoms with van der Waals surface area (Å²) in [7, 11) is 0. The van der Waals surface area contributed by atoms with E-state index in [1.54, 1.807) is 6.07 Å². The minimum atomic E-state index is -0.117. The molecule has 104 valence electrons. The number of halogens is 1. The molecule has 0 spiro atoms. The SMILES string of the molecule is Cc1ccc(-c2ccc(CNC3CC3)c(F)c2)cc1C. The Hall–Kier alpha value is -1.67. The van der Waals surface area contributed by atoms with Gasteiger partial charge in [-0.1, -0.05) is 30.3 Å². The van der Waals surface area contributed by atoms with Crippen molar-refractivity contribution >= 4 is 0 Å². The molecule has 1 aliphatic carbocycles. The van der Waals surface area contributed by atoms with Crippen LogP contribution in [0.2, 0.25) is 0 Å². The van der Waals surface area contributed by atoms with E-state index >= 15 is 0 Å². The summed E-state index contributed by atoms with van der Waals surface area (Å²) in [5.74, 6) is -0.117. The summed E-state index contributed by atoms with van der Waals surface area (Å²) in [5, 5.41) is 3.35. The van der Waals surface area contributed by atoms with Crippen molar-refractivity contribution in [2.75, 3.05) is 0 Å². The largest absolute Gasteiger partial charge is 0.310 e. The molecule has 0 amide bonds. The number of hydrogen-bond acceptors (Lipinski definition) is 1. The Labute approximate surface area is 119 Å². The van der Waals surface area contributed by atoms with Gasteiger partial charge in [-0.3, -0.25) is 0 Å². The molecule has 1 saturated carbocycles. The highest BCUT2D eigenvalue weighted by atomic mass is 19.1. The van der Waals surface area contributed by atoms with Crippen molar-refractivity contribution in [1.82, 2.24) is 5.32 Å². The average Bonchev–Trinajstić information content (AvgIpc) is 3.24. The maximum atomic E-state index is 14.1. The van der Waals surface area contributed by atoms with Crippen LogP contribution in [-0.4, -0.2) is 6.04 Å². The first-order valence-electron chi connectivity index (χ1n) is 7.23. The van der Waals surface area contributed by atoms with Crippen LogP contribution in [0.1, 0.15) is 29.5 Å². The van der Waals surface area contributed by atoms with Gasteiger partial charge >= 0.3 is 0 Å². The fourth-order valence-corrected chi connectivity index (χ4v) is 2.33. The van der Waals surface area contributed by atoms with Crippen LogP contribution >= 0.6 is 0 Å². The maximum Gasteiger partial charge on any atom is 0.128 e. The average molecular weight is 269 g/mol. The Bertz CT molecular complexity index is 629. The lowest BCUT2D eigenvalue weighted by Gasteiger charge is -2.09. The predicted octanol–water partition coefficient (Wildman–Crippen LogP) is 4.36. The Balaban J connectivity index is 1.82. The van der Waals surface area contributed by atoms with Gasteiger partial charge in [-0.25, -0.2) is 4.39 Å². The highest BCUT2D eigenvalue weighted by Gasteiger charge is 2.20. The molecule has 3 rings (SSSR count). The van der Waals surface area contributed by atoms with E-state index in [9.17, 15) is 4.39 Å². The van der Waals surface area contributed by atoms with Crippen molar-refractivity contribution in [3.8, 4) is 11.1 Å². The summed E-state index contributed by atoms with van der Waals surface area (Å²) in [4.78, 5) is 0. The third-order valence-electron chi connectivity index (χ3n) is 4.05. The normalized spacial score (nSPS) is 14.6. The molecule has 0 radical (unpaired) electrons. The van der Waals surface area contributed by atoms with Gasteiger partial charge in [0.2, 0.25) is 0 Å². The van der Waals surface area contributed by atoms with Crippen molar-refractivity contribution in [1.29, 1.82) is 0 Å². The Morgan fingerprint density at radius 1 is 1.00 bits per heavy atom. The van der Waals surface area contributed by atoms with Crippen LogP contribution in [0.3, 0.4) is 0 Å². The second kappa shape index (κ2) is 5.37. The molecule has 1 aliphatic rings.